The molecule has 2 heterocycles. The van der Waals surface area contributed by atoms with Crippen LogP contribution < -0.4 is 5.32 Å². The number of carbonyl (C=O) groups is 1. The molecule has 6 nitrogen and oxygen atoms in total. The third kappa shape index (κ3) is 4.06. The minimum absolute atomic E-state index is 0.0285. The molecule has 4 fully saturated rings. The van der Waals surface area contributed by atoms with E-state index in [0.717, 1.165) is 45.2 Å². The molecule has 2 aliphatic heterocycles. The molecule has 2 aliphatic carbocycles. The molecule has 1 amide bonds. The zero-order valence-corrected chi connectivity index (χ0v) is 17.6. The van der Waals surface area contributed by atoms with E-state index in [9.17, 15) is 13.2 Å². The summed E-state index contributed by atoms with van der Waals surface area (Å²) in [4.78, 5) is 15.5. The number of rotatable bonds is 7. The van der Waals surface area contributed by atoms with Gasteiger partial charge in [-0.25, -0.2) is 12.7 Å². The molecule has 4 aliphatic rings. The molecule has 2 saturated heterocycles. The first kappa shape index (κ1) is 19.6. The van der Waals surface area contributed by atoms with Crippen LogP contribution in [0.15, 0.2) is 0 Å². The monoisotopic (exact) mass is 397 g/mol. The molecule has 154 valence electrons. The predicted octanol–water partition coefficient (Wildman–Crippen LogP) is 1.82. The van der Waals surface area contributed by atoms with E-state index in [1.54, 1.807) is 4.31 Å². The van der Waals surface area contributed by atoms with Crippen molar-refractivity contribution >= 4 is 15.9 Å². The van der Waals surface area contributed by atoms with Gasteiger partial charge in [0, 0.05) is 19.1 Å². The summed E-state index contributed by atoms with van der Waals surface area (Å²) in [6.07, 6.45) is 6.93. The van der Waals surface area contributed by atoms with Gasteiger partial charge in [0.1, 0.15) is 0 Å². The highest BCUT2D eigenvalue weighted by molar-refractivity contribution is 7.90. The molecule has 0 aromatic rings. The van der Waals surface area contributed by atoms with Gasteiger partial charge in [-0.1, -0.05) is 13.8 Å². The molecule has 1 N–H and O–H groups in total. The van der Waals surface area contributed by atoms with Gasteiger partial charge in [-0.15, -0.1) is 0 Å². The molecule has 0 radical (unpaired) electrons. The quantitative estimate of drug-likeness (QED) is 0.711. The van der Waals surface area contributed by atoms with Gasteiger partial charge in [-0.05, 0) is 75.8 Å². The van der Waals surface area contributed by atoms with Gasteiger partial charge < -0.3 is 5.32 Å². The highest BCUT2D eigenvalue weighted by Gasteiger charge is 2.50. The van der Waals surface area contributed by atoms with E-state index in [4.69, 9.17) is 0 Å². The number of hydrogen-bond acceptors (Lipinski definition) is 4. The Bertz CT molecular complexity index is 655. The number of likely N-dealkylation sites (tertiary alicyclic amines) is 1. The number of carbonyl (C=O) groups excluding carboxylic acids is 1. The van der Waals surface area contributed by atoms with Crippen molar-refractivity contribution < 1.29 is 13.2 Å². The summed E-state index contributed by atoms with van der Waals surface area (Å²) in [5.74, 6) is 1.36. The lowest BCUT2D eigenvalue weighted by atomic mass is 9.96. The number of hydrogen-bond donors (Lipinski definition) is 1. The van der Waals surface area contributed by atoms with Crippen LogP contribution in [-0.2, 0) is 14.8 Å². The Morgan fingerprint density at radius 2 is 1.78 bits per heavy atom. The SMILES string of the molecule is CC(C)C[C@@H](C(=O)N[C@@H]1CC[C@H]2CN(S(=O)(=O)C3CC3)C[C@H]21)N1CCCC1. The molecule has 4 rings (SSSR count). The molecule has 7 heteroatoms. The van der Waals surface area contributed by atoms with Crippen molar-refractivity contribution in [2.75, 3.05) is 26.2 Å². The van der Waals surface area contributed by atoms with E-state index in [1.807, 2.05) is 0 Å². The first-order chi connectivity index (χ1) is 12.9. The van der Waals surface area contributed by atoms with Crippen LogP contribution in [0.2, 0.25) is 0 Å². The van der Waals surface area contributed by atoms with Crippen LogP contribution in [0.3, 0.4) is 0 Å². The zero-order valence-electron chi connectivity index (χ0n) is 16.8. The Morgan fingerprint density at radius 1 is 1.07 bits per heavy atom. The van der Waals surface area contributed by atoms with E-state index < -0.39 is 10.0 Å². The molecule has 0 aromatic heterocycles. The standard InChI is InChI=1S/C20H35N3O3S/c1-14(2)11-19(22-9-3-4-10-22)20(24)21-18-8-5-15-12-23(13-17(15)18)27(25,26)16-6-7-16/h14-19H,3-13H2,1-2H3,(H,21,24)/t15-,17+,18+,19-/m0/s1. The maximum atomic E-state index is 13.1. The second-order valence-electron chi connectivity index (χ2n) is 9.57. The fourth-order valence-corrected chi connectivity index (χ4v) is 7.32. The fraction of sp³-hybridized carbons (Fsp3) is 0.950. The Morgan fingerprint density at radius 3 is 2.41 bits per heavy atom. The Hall–Kier alpha value is -0.660. The molecule has 27 heavy (non-hydrogen) atoms. The maximum absolute atomic E-state index is 13.1. The lowest BCUT2D eigenvalue weighted by Crippen LogP contribution is -2.51. The van der Waals surface area contributed by atoms with Gasteiger partial charge in [0.25, 0.3) is 0 Å². The van der Waals surface area contributed by atoms with Gasteiger partial charge in [-0.3, -0.25) is 9.69 Å². The van der Waals surface area contributed by atoms with Gasteiger partial charge >= 0.3 is 0 Å². The highest BCUT2D eigenvalue weighted by Crippen LogP contribution is 2.42. The highest BCUT2D eigenvalue weighted by atomic mass is 32.2. The number of sulfonamides is 1. The summed E-state index contributed by atoms with van der Waals surface area (Å²) in [6.45, 7) is 7.67. The molecule has 0 aromatic carbocycles. The van der Waals surface area contributed by atoms with Crippen LogP contribution in [0.25, 0.3) is 0 Å². The molecule has 0 bridgehead atoms. The van der Waals surface area contributed by atoms with Crippen molar-refractivity contribution in [2.45, 2.75) is 76.1 Å². The Balaban J connectivity index is 1.39. The number of fused-ring (bicyclic) bond motifs is 1. The summed E-state index contributed by atoms with van der Waals surface area (Å²) in [6, 6.07) is 0.110. The second kappa shape index (κ2) is 7.64. The third-order valence-corrected chi connectivity index (χ3v) is 9.37. The first-order valence-corrected chi connectivity index (χ1v) is 12.4. The van der Waals surface area contributed by atoms with Crippen molar-refractivity contribution in [3.8, 4) is 0 Å². The normalized spacial score (nSPS) is 33.5. The molecular weight excluding hydrogens is 362 g/mol. The first-order valence-electron chi connectivity index (χ1n) is 10.9. The lowest BCUT2D eigenvalue weighted by molar-refractivity contribution is -0.127. The summed E-state index contributed by atoms with van der Waals surface area (Å²) in [5.41, 5.74) is 0. The van der Waals surface area contributed by atoms with E-state index in [2.05, 4.69) is 24.1 Å². The van der Waals surface area contributed by atoms with Crippen molar-refractivity contribution in [2.24, 2.45) is 17.8 Å². The predicted molar refractivity (Wildman–Crippen MR) is 106 cm³/mol. The maximum Gasteiger partial charge on any atom is 0.237 e. The molecule has 0 spiro atoms. The van der Waals surface area contributed by atoms with Crippen LogP contribution in [0.1, 0.15) is 58.8 Å². The van der Waals surface area contributed by atoms with Crippen molar-refractivity contribution in [3.05, 3.63) is 0 Å². The Kier molecular flexibility index (Phi) is 5.56. The van der Waals surface area contributed by atoms with Gasteiger partial charge in [0.05, 0.1) is 11.3 Å². The van der Waals surface area contributed by atoms with Gasteiger partial charge in [0.15, 0.2) is 0 Å². The number of nitrogens with one attached hydrogen (secondary N) is 1. The number of amides is 1. The largest absolute Gasteiger partial charge is 0.352 e. The van der Waals surface area contributed by atoms with Gasteiger partial charge in [-0.2, -0.15) is 0 Å². The average Bonchev–Trinajstić information content (AvgIpc) is 3.03. The third-order valence-electron chi connectivity index (χ3n) is 7.04. The smallest absolute Gasteiger partial charge is 0.237 e. The summed E-state index contributed by atoms with van der Waals surface area (Å²) in [7, 11) is -3.09. The zero-order chi connectivity index (χ0) is 19.2. The summed E-state index contributed by atoms with van der Waals surface area (Å²) >= 11 is 0. The van der Waals surface area contributed by atoms with Crippen LogP contribution in [0.5, 0.6) is 0 Å². The molecule has 4 atom stereocenters. The van der Waals surface area contributed by atoms with E-state index in [0.29, 0.717) is 30.8 Å². The lowest BCUT2D eigenvalue weighted by Gasteiger charge is -2.30. The topological polar surface area (TPSA) is 69.7 Å². The van der Waals surface area contributed by atoms with Crippen LogP contribution in [0.4, 0.5) is 0 Å². The molecule has 2 saturated carbocycles. The minimum Gasteiger partial charge on any atom is -0.352 e. The van der Waals surface area contributed by atoms with Crippen molar-refractivity contribution in [1.29, 1.82) is 0 Å². The van der Waals surface area contributed by atoms with Crippen LogP contribution in [-0.4, -0.2) is 67.0 Å². The fourth-order valence-electron chi connectivity index (χ4n) is 5.39. The molecular formula is C20H35N3O3S. The molecule has 0 unspecified atom stereocenters. The van der Waals surface area contributed by atoms with E-state index in [1.165, 1.54) is 12.8 Å². The van der Waals surface area contributed by atoms with E-state index in [-0.39, 0.29) is 23.2 Å². The Labute approximate surface area is 164 Å². The minimum atomic E-state index is -3.09. The number of nitrogens with zero attached hydrogens (tertiary/aromatic N) is 2. The average molecular weight is 398 g/mol. The second-order valence-corrected chi connectivity index (χ2v) is 11.8. The van der Waals surface area contributed by atoms with E-state index >= 15 is 0 Å². The summed E-state index contributed by atoms with van der Waals surface area (Å²) < 4.78 is 26.9. The van der Waals surface area contributed by atoms with Crippen LogP contribution in [0, 0.1) is 17.8 Å². The summed E-state index contributed by atoms with van der Waals surface area (Å²) in [5, 5.41) is 3.22. The van der Waals surface area contributed by atoms with Crippen molar-refractivity contribution in [1.82, 2.24) is 14.5 Å². The van der Waals surface area contributed by atoms with Crippen LogP contribution >= 0.6 is 0 Å². The van der Waals surface area contributed by atoms with Crippen molar-refractivity contribution in [3.63, 3.8) is 0 Å². The van der Waals surface area contributed by atoms with Gasteiger partial charge in [0.2, 0.25) is 15.9 Å².